The van der Waals surface area contributed by atoms with E-state index in [0.29, 0.717) is 11.3 Å². The third-order valence-corrected chi connectivity index (χ3v) is 3.68. The summed E-state index contributed by atoms with van der Waals surface area (Å²) in [5, 5.41) is 18.4. The highest BCUT2D eigenvalue weighted by atomic mass is 16.3. The van der Waals surface area contributed by atoms with Gasteiger partial charge in [0.25, 0.3) is 0 Å². The van der Waals surface area contributed by atoms with Crippen LogP contribution in [0.15, 0.2) is 48.8 Å². The van der Waals surface area contributed by atoms with Gasteiger partial charge >= 0.3 is 0 Å². The average molecular weight is 292 g/mol. The van der Waals surface area contributed by atoms with Gasteiger partial charge in [-0.3, -0.25) is 0 Å². The molecule has 2 aromatic heterocycles. The van der Waals surface area contributed by atoms with Crippen LogP contribution in [0.2, 0.25) is 0 Å². The van der Waals surface area contributed by atoms with Gasteiger partial charge in [-0.2, -0.15) is 5.26 Å². The predicted molar refractivity (Wildman–Crippen MR) is 84.0 cm³/mol. The van der Waals surface area contributed by atoms with E-state index >= 15 is 0 Å². The van der Waals surface area contributed by atoms with E-state index in [1.54, 1.807) is 19.1 Å². The van der Waals surface area contributed by atoms with Gasteiger partial charge in [0.2, 0.25) is 0 Å². The Morgan fingerprint density at radius 3 is 2.45 bits per heavy atom. The molecule has 0 saturated carbocycles. The van der Waals surface area contributed by atoms with E-state index in [0.717, 1.165) is 16.8 Å². The van der Waals surface area contributed by atoms with E-state index in [1.807, 2.05) is 41.1 Å². The Kier molecular flexibility index (Phi) is 3.63. The van der Waals surface area contributed by atoms with E-state index in [9.17, 15) is 5.11 Å². The van der Waals surface area contributed by atoms with Crippen LogP contribution in [0.25, 0.3) is 16.8 Å². The van der Waals surface area contributed by atoms with Gasteiger partial charge in [0, 0.05) is 12.4 Å². The third kappa shape index (κ3) is 2.58. The number of aliphatic hydroxyl groups excluding tert-OH is 1. The van der Waals surface area contributed by atoms with Gasteiger partial charge in [0.1, 0.15) is 5.65 Å². The number of aromatic nitrogens is 2. The van der Waals surface area contributed by atoms with Crippen LogP contribution < -0.4 is 5.73 Å². The fourth-order valence-corrected chi connectivity index (χ4v) is 2.33. The highest BCUT2D eigenvalue weighted by Crippen LogP contribution is 2.22. The molecular weight excluding hydrogens is 276 g/mol. The maximum atomic E-state index is 9.58. The molecule has 3 rings (SSSR count). The molecule has 3 aromatic rings. The molecule has 1 aromatic carbocycles. The summed E-state index contributed by atoms with van der Waals surface area (Å²) in [6.45, 7) is 1.65. The maximum absolute atomic E-state index is 9.58. The first-order valence-corrected chi connectivity index (χ1v) is 7.01. The van der Waals surface area contributed by atoms with Crippen LogP contribution in [0, 0.1) is 11.3 Å². The van der Waals surface area contributed by atoms with Crippen LogP contribution in [0.5, 0.6) is 0 Å². The lowest BCUT2D eigenvalue weighted by Crippen LogP contribution is -2.23. The van der Waals surface area contributed by atoms with Crippen LogP contribution in [-0.2, 0) is 0 Å². The van der Waals surface area contributed by atoms with E-state index in [2.05, 4.69) is 11.1 Å². The lowest BCUT2D eigenvalue weighted by molar-refractivity contribution is 0.163. The van der Waals surface area contributed by atoms with Crippen molar-refractivity contribution in [2.24, 2.45) is 5.73 Å². The Labute approximate surface area is 128 Å². The number of nitriles is 1. The topological polar surface area (TPSA) is 87.3 Å². The van der Waals surface area contributed by atoms with Gasteiger partial charge in [-0.1, -0.05) is 12.1 Å². The highest BCUT2D eigenvalue weighted by Gasteiger charge is 2.15. The number of nitrogens with zero attached hydrogens (tertiary/aromatic N) is 3. The second-order valence-electron chi connectivity index (χ2n) is 5.30. The van der Waals surface area contributed by atoms with Crippen molar-refractivity contribution in [3.8, 4) is 17.2 Å². The lowest BCUT2D eigenvalue weighted by atomic mass is 10.1. The van der Waals surface area contributed by atoms with E-state index in [4.69, 9.17) is 11.0 Å². The number of aliphatic hydroxyl groups is 1. The van der Waals surface area contributed by atoms with Crippen molar-refractivity contribution < 1.29 is 5.11 Å². The summed E-state index contributed by atoms with van der Waals surface area (Å²) in [6, 6.07) is 12.9. The Balaban J connectivity index is 2.00. The smallest absolute Gasteiger partial charge is 0.137 e. The zero-order valence-electron chi connectivity index (χ0n) is 12.1. The normalized spacial score (nSPS) is 13.7. The summed E-state index contributed by atoms with van der Waals surface area (Å²) >= 11 is 0. The second-order valence-corrected chi connectivity index (χ2v) is 5.30. The summed E-state index contributed by atoms with van der Waals surface area (Å²) < 4.78 is 1.89. The van der Waals surface area contributed by atoms with Crippen LogP contribution in [0.4, 0.5) is 0 Å². The van der Waals surface area contributed by atoms with Crippen molar-refractivity contribution in [2.75, 3.05) is 0 Å². The minimum Gasteiger partial charge on any atom is -0.391 e. The number of fused-ring (bicyclic) bond motifs is 1. The van der Waals surface area contributed by atoms with Gasteiger partial charge in [-0.15, -0.1) is 0 Å². The molecule has 5 nitrogen and oxygen atoms in total. The monoisotopic (exact) mass is 292 g/mol. The number of nitrogens with two attached hydrogens (primary N) is 1. The summed E-state index contributed by atoms with van der Waals surface area (Å²) in [6.07, 6.45) is 3.14. The zero-order chi connectivity index (χ0) is 15.7. The second kappa shape index (κ2) is 5.60. The number of benzene rings is 1. The molecule has 0 radical (unpaired) electrons. The summed E-state index contributed by atoms with van der Waals surface area (Å²) in [4.78, 5) is 4.43. The minimum atomic E-state index is -0.650. The zero-order valence-corrected chi connectivity index (χ0v) is 12.1. The molecule has 0 amide bonds. The van der Waals surface area contributed by atoms with Crippen LogP contribution in [0.1, 0.15) is 24.2 Å². The molecule has 2 heterocycles. The summed E-state index contributed by atoms with van der Waals surface area (Å²) in [5.41, 5.74) is 10.0. The quantitative estimate of drug-likeness (QED) is 0.775. The van der Waals surface area contributed by atoms with Gasteiger partial charge in [0.05, 0.1) is 29.5 Å². The first kappa shape index (κ1) is 14.3. The molecule has 0 aliphatic heterocycles. The fourth-order valence-electron chi connectivity index (χ4n) is 2.33. The Bertz CT molecular complexity index is 843. The van der Waals surface area contributed by atoms with Gasteiger partial charge in [0.15, 0.2) is 0 Å². The van der Waals surface area contributed by atoms with Crippen LogP contribution >= 0.6 is 0 Å². The largest absolute Gasteiger partial charge is 0.391 e. The summed E-state index contributed by atoms with van der Waals surface area (Å²) in [7, 11) is 0. The molecule has 22 heavy (non-hydrogen) atoms. The SMILES string of the molecule is CC(O)C(N)c1cn2cc(-c3ccc(C#N)cc3)ccc2n1. The molecule has 0 saturated heterocycles. The number of imidazole rings is 1. The minimum absolute atomic E-state index is 0.502. The van der Waals surface area contributed by atoms with Crippen molar-refractivity contribution in [1.29, 1.82) is 5.26 Å². The Morgan fingerprint density at radius 2 is 1.82 bits per heavy atom. The van der Waals surface area contributed by atoms with E-state index in [-0.39, 0.29) is 0 Å². The van der Waals surface area contributed by atoms with Crippen LogP contribution in [-0.4, -0.2) is 20.6 Å². The number of pyridine rings is 1. The fraction of sp³-hybridized carbons (Fsp3) is 0.176. The molecule has 5 heteroatoms. The molecule has 0 aliphatic rings. The predicted octanol–water partition coefficient (Wildman–Crippen LogP) is 2.25. The molecule has 0 aliphatic carbocycles. The number of hydrogen-bond donors (Lipinski definition) is 2. The molecule has 0 spiro atoms. The molecule has 0 fully saturated rings. The van der Waals surface area contributed by atoms with Crippen molar-refractivity contribution in [1.82, 2.24) is 9.38 Å². The molecule has 2 unspecified atom stereocenters. The highest BCUT2D eigenvalue weighted by molar-refractivity contribution is 5.65. The number of rotatable bonds is 3. The first-order valence-electron chi connectivity index (χ1n) is 7.01. The van der Waals surface area contributed by atoms with E-state index in [1.165, 1.54) is 0 Å². The van der Waals surface area contributed by atoms with Crippen molar-refractivity contribution in [2.45, 2.75) is 19.1 Å². The third-order valence-electron chi connectivity index (χ3n) is 3.68. The van der Waals surface area contributed by atoms with Crippen molar-refractivity contribution >= 4 is 5.65 Å². The van der Waals surface area contributed by atoms with E-state index < -0.39 is 12.1 Å². The van der Waals surface area contributed by atoms with Crippen LogP contribution in [0.3, 0.4) is 0 Å². The Hall–Kier alpha value is -2.68. The molecule has 2 atom stereocenters. The summed E-state index contributed by atoms with van der Waals surface area (Å²) in [5.74, 6) is 0. The van der Waals surface area contributed by atoms with Gasteiger partial charge in [-0.05, 0) is 42.3 Å². The molecule has 0 bridgehead atoms. The average Bonchev–Trinajstić information content (AvgIpc) is 2.97. The standard InChI is InChI=1S/C17H16N4O/c1-11(22)17(19)15-10-21-9-14(6-7-16(21)20-15)13-4-2-12(8-18)3-5-13/h2-7,9-11,17,22H,19H2,1H3. The number of hydrogen-bond acceptors (Lipinski definition) is 4. The van der Waals surface area contributed by atoms with Crippen molar-refractivity contribution in [3.63, 3.8) is 0 Å². The molecular formula is C17H16N4O. The van der Waals surface area contributed by atoms with Gasteiger partial charge in [-0.25, -0.2) is 4.98 Å². The molecule has 3 N–H and O–H groups in total. The maximum Gasteiger partial charge on any atom is 0.137 e. The Morgan fingerprint density at radius 1 is 1.14 bits per heavy atom. The first-order chi connectivity index (χ1) is 10.6. The van der Waals surface area contributed by atoms with Crippen molar-refractivity contribution in [3.05, 3.63) is 60.0 Å². The van der Waals surface area contributed by atoms with Gasteiger partial charge < -0.3 is 15.2 Å². The lowest BCUT2D eigenvalue weighted by Gasteiger charge is -2.10. The molecule has 110 valence electrons.